The molecule has 1 amide bonds. The summed E-state index contributed by atoms with van der Waals surface area (Å²) >= 11 is 0. The van der Waals surface area contributed by atoms with Gasteiger partial charge in [-0.25, -0.2) is 4.79 Å². The van der Waals surface area contributed by atoms with E-state index in [9.17, 15) is 14.4 Å². The lowest BCUT2D eigenvalue weighted by Gasteiger charge is -2.18. The minimum Gasteiger partial charge on any atom is -0.497 e. The number of carbonyl (C=O) groups is 3. The average Bonchev–Trinajstić information content (AvgIpc) is 3.16. The summed E-state index contributed by atoms with van der Waals surface area (Å²) in [5, 5.41) is 0. The molecule has 0 aromatic heterocycles. The second kappa shape index (κ2) is 8.56. The zero-order chi connectivity index (χ0) is 20.1. The lowest BCUT2D eigenvalue weighted by atomic mass is 10.1. The Labute approximate surface area is 162 Å². The molecule has 0 N–H and O–H groups in total. The quantitative estimate of drug-likeness (QED) is 0.540. The molecule has 0 aliphatic carbocycles. The van der Waals surface area contributed by atoms with Crippen LogP contribution in [0.4, 0.5) is 5.69 Å². The number of rotatable bonds is 7. The van der Waals surface area contributed by atoms with Gasteiger partial charge in [0.25, 0.3) is 0 Å². The van der Waals surface area contributed by atoms with Crippen LogP contribution in [0.3, 0.4) is 0 Å². The standard InChI is InChI=1S/C21H21NO6/c1-26-14-9-10-16(19(12-14)27-2)18(23)13-28-21(25)15-6-3-4-7-17(15)22-11-5-8-20(22)24/h3-4,6-7,9-10,12H,5,8,11,13H2,1-2H3. The number of methoxy groups -OCH3 is 2. The molecule has 1 saturated heterocycles. The maximum absolute atomic E-state index is 12.6. The van der Waals surface area contributed by atoms with Crippen molar-refractivity contribution in [2.75, 3.05) is 32.3 Å². The topological polar surface area (TPSA) is 82.1 Å². The number of esters is 1. The molecule has 2 aromatic rings. The van der Waals surface area contributed by atoms with E-state index in [2.05, 4.69) is 0 Å². The first kappa shape index (κ1) is 19.4. The Kier molecular flexibility index (Phi) is 5.93. The highest BCUT2D eigenvalue weighted by Gasteiger charge is 2.26. The monoisotopic (exact) mass is 383 g/mol. The fraction of sp³-hybridized carbons (Fsp3) is 0.286. The van der Waals surface area contributed by atoms with Crippen LogP contribution in [0, 0.1) is 0 Å². The van der Waals surface area contributed by atoms with E-state index in [0.29, 0.717) is 35.7 Å². The molecule has 3 rings (SSSR count). The molecule has 2 aromatic carbocycles. The predicted octanol–water partition coefficient (Wildman–Crippen LogP) is 2.87. The van der Waals surface area contributed by atoms with Crippen LogP contribution in [0.5, 0.6) is 11.5 Å². The molecule has 0 atom stereocenters. The van der Waals surface area contributed by atoms with E-state index in [1.807, 2.05) is 0 Å². The van der Waals surface area contributed by atoms with Crippen LogP contribution < -0.4 is 14.4 Å². The Bertz CT molecular complexity index is 908. The maximum Gasteiger partial charge on any atom is 0.340 e. The largest absolute Gasteiger partial charge is 0.497 e. The van der Waals surface area contributed by atoms with Gasteiger partial charge in [-0.2, -0.15) is 0 Å². The fourth-order valence-electron chi connectivity index (χ4n) is 3.10. The number of para-hydroxylation sites is 1. The summed E-state index contributed by atoms with van der Waals surface area (Å²) in [5.41, 5.74) is 1.05. The number of amides is 1. The van der Waals surface area contributed by atoms with Crippen LogP contribution in [-0.2, 0) is 9.53 Å². The van der Waals surface area contributed by atoms with Crippen molar-refractivity contribution >= 4 is 23.3 Å². The molecule has 7 nitrogen and oxygen atoms in total. The molecule has 0 bridgehead atoms. The van der Waals surface area contributed by atoms with Crippen LogP contribution in [0.2, 0.25) is 0 Å². The minimum absolute atomic E-state index is 0.0284. The first-order valence-corrected chi connectivity index (χ1v) is 8.87. The molecule has 0 spiro atoms. The van der Waals surface area contributed by atoms with Crippen molar-refractivity contribution in [3.63, 3.8) is 0 Å². The predicted molar refractivity (Wildman–Crippen MR) is 102 cm³/mol. The Morgan fingerprint density at radius 3 is 2.50 bits per heavy atom. The van der Waals surface area contributed by atoms with Crippen LogP contribution >= 0.6 is 0 Å². The first-order chi connectivity index (χ1) is 13.5. The summed E-state index contributed by atoms with van der Waals surface area (Å²) in [6, 6.07) is 11.5. The van der Waals surface area contributed by atoms with Gasteiger partial charge in [0.1, 0.15) is 11.5 Å². The lowest BCUT2D eigenvalue weighted by Crippen LogP contribution is -2.26. The van der Waals surface area contributed by atoms with E-state index in [0.717, 1.165) is 6.42 Å². The summed E-state index contributed by atoms with van der Waals surface area (Å²) in [6.07, 6.45) is 1.21. The molecule has 0 radical (unpaired) electrons. The number of Topliss-reactive ketones (excluding diaryl/α,β-unsaturated/α-hetero) is 1. The second-order valence-corrected chi connectivity index (χ2v) is 6.23. The van der Waals surface area contributed by atoms with Gasteiger partial charge in [0.15, 0.2) is 6.61 Å². The van der Waals surface area contributed by atoms with Gasteiger partial charge in [0, 0.05) is 19.0 Å². The summed E-state index contributed by atoms with van der Waals surface area (Å²) in [7, 11) is 2.96. The van der Waals surface area contributed by atoms with Gasteiger partial charge in [-0.05, 0) is 30.7 Å². The van der Waals surface area contributed by atoms with Crippen LogP contribution in [0.1, 0.15) is 33.6 Å². The van der Waals surface area contributed by atoms with Gasteiger partial charge < -0.3 is 19.1 Å². The van der Waals surface area contributed by atoms with Crippen molar-refractivity contribution in [3.8, 4) is 11.5 Å². The molecule has 1 aliphatic heterocycles. The Hall–Kier alpha value is -3.35. The smallest absolute Gasteiger partial charge is 0.340 e. The number of ether oxygens (including phenoxy) is 3. The van der Waals surface area contributed by atoms with Gasteiger partial charge in [0.2, 0.25) is 11.7 Å². The number of nitrogens with zero attached hydrogens (tertiary/aromatic N) is 1. The number of hydrogen-bond donors (Lipinski definition) is 0. The number of hydrogen-bond acceptors (Lipinski definition) is 6. The third kappa shape index (κ3) is 3.98. The molecule has 0 saturated carbocycles. The van der Waals surface area contributed by atoms with Crippen LogP contribution in [0.25, 0.3) is 0 Å². The summed E-state index contributed by atoms with van der Waals surface area (Å²) in [5.74, 6) is -0.198. The summed E-state index contributed by atoms with van der Waals surface area (Å²) in [6.45, 7) is 0.120. The van der Waals surface area contributed by atoms with E-state index < -0.39 is 18.4 Å². The number of ketones is 1. The molecular formula is C21H21NO6. The molecule has 1 aliphatic rings. The fourth-order valence-corrected chi connectivity index (χ4v) is 3.10. The zero-order valence-electron chi connectivity index (χ0n) is 15.8. The van der Waals surface area contributed by atoms with Crippen LogP contribution in [-0.4, -0.2) is 45.0 Å². The van der Waals surface area contributed by atoms with Crippen molar-refractivity contribution in [1.82, 2.24) is 0 Å². The highest BCUT2D eigenvalue weighted by molar-refractivity contribution is 6.05. The lowest BCUT2D eigenvalue weighted by molar-refractivity contribution is -0.117. The Balaban J connectivity index is 1.73. The third-order valence-electron chi connectivity index (χ3n) is 4.53. The van der Waals surface area contributed by atoms with Crippen molar-refractivity contribution in [2.45, 2.75) is 12.8 Å². The summed E-state index contributed by atoms with van der Waals surface area (Å²) < 4.78 is 15.5. The van der Waals surface area contributed by atoms with Gasteiger partial charge in [-0.1, -0.05) is 12.1 Å². The first-order valence-electron chi connectivity index (χ1n) is 8.87. The highest BCUT2D eigenvalue weighted by Crippen LogP contribution is 2.27. The van der Waals surface area contributed by atoms with E-state index in [4.69, 9.17) is 14.2 Å². The van der Waals surface area contributed by atoms with Crippen LogP contribution in [0.15, 0.2) is 42.5 Å². The number of benzene rings is 2. The average molecular weight is 383 g/mol. The number of anilines is 1. The number of carbonyl (C=O) groups excluding carboxylic acids is 3. The minimum atomic E-state index is -0.656. The molecule has 1 heterocycles. The van der Waals surface area contributed by atoms with Crippen molar-refractivity contribution in [3.05, 3.63) is 53.6 Å². The van der Waals surface area contributed by atoms with E-state index in [1.54, 1.807) is 47.4 Å². The van der Waals surface area contributed by atoms with E-state index in [-0.39, 0.29) is 11.5 Å². The van der Waals surface area contributed by atoms with Gasteiger partial charge in [-0.15, -0.1) is 0 Å². The SMILES string of the molecule is COc1ccc(C(=O)COC(=O)c2ccccc2N2CCCC2=O)c(OC)c1. The molecule has 7 heteroatoms. The van der Waals surface area contributed by atoms with Gasteiger partial charge in [-0.3, -0.25) is 9.59 Å². The molecular weight excluding hydrogens is 362 g/mol. The van der Waals surface area contributed by atoms with Crippen molar-refractivity contribution in [2.24, 2.45) is 0 Å². The Morgan fingerprint density at radius 1 is 1.04 bits per heavy atom. The maximum atomic E-state index is 12.6. The third-order valence-corrected chi connectivity index (χ3v) is 4.53. The van der Waals surface area contributed by atoms with Gasteiger partial charge in [0.05, 0.1) is 31.0 Å². The molecule has 0 unspecified atom stereocenters. The molecule has 28 heavy (non-hydrogen) atoms. The van der Waals surface area contributed by atoms with Crippen molar-refractivity contribution < 1.29 is 28.6 Å². The van der Waals surface area contributed by atoms with E-state index in [1.165, 1.54) is 14.2 Å². The Morgan fingerprint density at radius 2 is 1.82 bits per heavy atom. The zero-order valence-corrected chi connectivity index (χ0v) is 15.8. The highest BCUT2D eigenvalue weighted by atomic mass is 16.5. The second-order valence-electron chi connectivity index (χ2n) is 6.23. The van der Waals surface area contributed by atoms with Crippen molar-refractivity contribution in [1.29, 1.82) is 0 Å². The molecule has 1 fully saturated rings. The normalized spacial score (nSPS) is 13.4. The van der Waals surface area contributed by atoms with Gasteiger partial charge >= 0.3 is 5.97 Å². The summed E-state index contributed by atoms with van der Waals surface area (Å²) in [4.78, 5) is 38.6. The van der Waals surface area contributed by atoms with E-state index >= 15 is 0 Å². The molecule has 146 valence electrons.